The number of hydrogen-bond donors (Lipinski definition) is 2. The summed E-state index contributed by atoms with van der Waals surface area (Å²) in [7, 11) is 5.39. The van der Waals surface area contributed by atoms with Gasteiger partial charge in [-0.15, -0.1) is 0 Å². The van der Waals surface area contributed by atoms with Crippen LogP contribution in [0.25, 0.3) is 10.9 Å². The fourth-order valence-corrected chi connectivity index (χ4v) is 9.87. The van der Waals surface area contributed by atoms with Crippen LogP contribution in [0.3, 0.4) is 0 Å². The van der Waals surface area contributed by atoms with E-state index < -0.39 is 71.5 Å². The highest BCUT2D eigenvalue weighted by molar-refractivity contribution is 6.00. The number of benzene rings is 1. The Morgan fingerprint density at radius 2 is 1.79 bits per heavy atom. The van der Waals surface area contributed by atoms with Crippen LogP contribution in [0.2, 0.25) is 0 Å². The van der Waals surface area contributed by atoms with Crippen LogP contribution in [0.15, 0.2) is 35.6 Å². The van der Waals surface area contributed by atoms with Crippen LogP contribution in [-0.4, -0.2) is 130 Å². The molecule has 2 aromatic rings. The Labute approximate surface area is 331 Å². The molecule has 4 aliphatic heterocycles. The summed E-state index contributed by atoms with van der Waals surface area (Å²) in [6.45, 7) is 15.4. The minimum atomic E-state index is -1.25. The van der Waals surface area contributed by atoms with Crippen molar-refractivity contribution in [3.05, 3.63) is 36.0 Å². The third-order valence-corrected chi connectivity index (χ3v) is 13.0. The molecule has 14 heteroatoms. The molecule has 0 saturated carbocycles. The van der Waals surface area contributed by atoms with Gasteiger partial charge >= 0.3 is 12.1 Å². The van der Waals surface area contributed by atoms with Crippen LogP contribution in [-0.2, 0) is 39.7 Å². The number of fused-ring (bicyclic) bond motifs is 2. The molecular formula is C42H63N5O9. The first-order valence-corrected chi connectivity index (χ1v) is 20.3. The molecule has 2 N–H and O–H groups in total. The predicted octanol–water partition coefficient (Wildman–Crippen LogP) is 5.32. The maximum Gasteiger partial charge on any atom is 0.431 e. The first-order valence-electron chi connectivity index (χ1n) is 20.3. The number of cyclic esters (lactones) is 1. The summed E-state index contributed by atoms with van der Waals surface area (Å²) in [5.74, 6) is -3.71. The number of amides is 1. The van der Waals surface area contributed by atoms with Crippen LogP contribution < -0.4 is 0 Å². The normalized spacial score (nSPS) is 38.4. The Kier molecular flexibility index (Phi) is 12.3. The number of ketones is 1. The van der Waals surface area contributed by atoms with Gasteiger partial charge in [0, 0.05) is 47.8 Å². The number of Topliss-reactive ketones (excluding diaryl/α,β-unsaturated/α-hetero) is 1. The number of H-pyrrole nitrogens is 1. The van der Waals surface area contributed by atoms with E-state index in [2.05, 4.69) is 24.0 Å². The lowest BCUT2D eigenvalue weighted by molar-refractivity contribution is -0.295. The third-order valence-electron chi connectivity index (χ3n) is 13.0. The Hall–Kier alpha value is -3.56. The molecule has 3 fully saturated rings. The molecule has 14 nitrogen and oxygen atoms in total. The van der Waals surface area contributed by atoms with Gasteiger partial charge in [0.1, 0.15) is 24.2 Å². The van der Waals surface area contributed by atoms with E-state index in [-0.39, 0.29) is 24.0 Å². The van der Waals surface area contributed by atoms with Gasteiger partial charge in [0.05, 0.1) is 24.4 Å². The van der Waals surface area contributed by atoms with Crippen LogP contribution in [0, 0.1) is 23.7 Å². The summed E-state index contributed by atoms with van der Waals surface area (Å²) in [4.78, 5) is 47.6. The topological polar surface area (TPSA) is 155 Å². The summed E-state index contributed by atoms with van der Waals surface area (Å²) in [5, 5.41) is 21.2. The van der Waals surface area contributed by atoms with Crippen molar-refractivity contribution in [3.8, 4) is 0 Å². The van der Waals surface area contributed by atoms with Gasteiger partial charge < -0.3 is 38.7 Å². The number of aliphatic hydroxyl groups excluding tert-OH is 1. The lowest BCUT2D eigenvalue weighted by Gasteiger charge is -2.49. The van der Waals surface area contributed by atoms with Crippen LogP contribution in [0.4, 0.5) is 4.79 Å². The number of hydrazone groups is 1. The zero-order valence-electron chi connectivity index (χ0n) is 35.0. The lowest BCUT2D eigenvalue weighted by atomic mass is 9.73. The standard InChI is InChI=1S/C42H63N5O9/c1-12-32-42(8)36-25(4)33(44-46(47(36)40(51)56-42)19-15-16-28-22-43-30-18-14-13-17-29(28)30)23(2)21-41(7,52-11)37(26(5)34(48)27(6)38(50)54-32)55-39-35(49)31(45(9)10)20-24(3)53-39/h13-14,17-18,22-27,31-32,35-37,39,43,49H,12,15-16,19-21H2,1-11H3/t23-,24+,25-,26-,27+,31-,32-,35+,36-,37+,39-,41?,42-/m1/s1. The van der Waals surface area contributed by atoms with E-state index >= 15 is 0 Å². The Morgan fingerprint density at radius 3 is 2.46 bits per heavy atom. The molecule has 4 aliphatic rings. The molecule has 310 valence electrons. The second-order valence-electron chi connectivity index (χ2n) is 17.2. The summed E-state index contributed by atoms with van der Waals surface area (Å²) < 4.78 is 31.7. The number of para-hydroxylation sites is 1. The number of rotatable bonds is 9. The van der Waals surface area contributed by atoms with Crippen LogP contribution in [0.5, 0.6) is 0 Å². The van der Waals surface area contributed by atoms with Crippen molar-refractivity contribution < 1.29 is 43.2 Å². The van der Waals surface area contributed by atoms with E-state index in [9.17, 15) is 19.5 Å². The van der Waals surface area contributed by atoms with Crippen molar-refractivity contribution in [2.75, 3.05) is 27.7 Å². The summed E-state index contributed by atoms with van der Waals surface area (Å²) in [5.41, 5.74) is 0.696. The minimum Gasteiger partial charge on any atom is -0.457 e. The summed E-state index contributed by atoms with van der Waals surface area (Å²) >= 11 is 0. The van der Waals surface area contributed by atoms with Crippen LogP contribution >= 0.6 is 0 Å². The van der Waals surface area contributed by atoms with Gasteiger partial charge in [-0.2, -0.15) is 15.2 Å². The molecule has 1 amide bonds. The zero-order valence-corrected chi connectivity index (χ0v) is 35.0. The molecule has 0 spiro atoms. The number of methoxy groups -OCH3 is 1. The largest absolute Gasteiger partial charge is 0.457 e. The number of nitrogens with one attached hydrogen (secondary N) is 1. The van der Waals surface area contributed by atoms with Crippen molar-refractivity contribution in [3.63, 3.8) is 0 Å². The highest BCUT2D eigenvalue weighted by Crippen LogP contribution is 2.46. The van der Waals surface area contributed by atoms with E-state index in [0.717, 1.165) is 23.0 Å². The number of aromatic amines is 1. The number of aromatic nitrogens is 1. The van der Waals surface area contributed by atoms with E-state index in [1.165, 1.54) is 5.56 Å². The number of nitrogens with zero attached hydrogens (tertiary/aromatic N) is 4. The average molecular weight is 782 g/mol. The molecule has 56 heavy (non-hydrogen) atoms. The first kappa shape index (κ1) is 42.1. The molecule has 1 unspecified atom stereocenters. The number of carbonyl (C=O) groups excluding carboxylic acids is 3. The second kappa shape index (κ2) is 16.4. The Morgan fingerprint density at radius 1 is 1.07 bits per heavy atom. The quantitative estimate of drug-likeness (QED) is 0.251. The van der Waals surface area contributed by atoms with Crippen molar-refractivity contribution in [2.24, 2.45) is 28.8 Å². The number of esters is 1. The van der Waals surface area contributed by atoms with Gasteiger partial charge in [-0.05, 0) is 91.4 Å². The number of aryl methyl sites for hydroxylation is 1. The zero-order chi connectivity index (χ0) is 40.9. The summed E-state index contributed by atoms with van der Waals surface area (Å²) in [6.07, 6.45) is 0.154. The number of hydrogen-bond acceptors (Lipinski definition) is 12. The highest BCUT2D eigenvalue weighted by atomic mass is 16.7. The van der Waals surface area contributed by atoms with Crippen molar-refractivity contribution in [2.45, 2.75) is 141 Å². The van der Waals surface area contributed by atoms with Crippen molar-refractivity contribution in [1.29, 1.82) is 0 Å². The van der Waals surface area contributed by atoms with Gasteiger partial charge in [0.25, 0.3) is 0 Å². The van der Waals surface area contributed by atoms with Crippen molar-refractivity contribution >= 4 is 34.5 Å². The first-order chi connectivity index (χ1) is 26.4. The van der Waals surface area contributed by atoms with E-state index in [4.69, 9.17) is 28.8 Å². The molecule has 2 bridgehead atoms. The molecule has 0 aliphatic carbocycles. The van der Waals surface area contributed by atoms with E-state index in [1.54, 1.807) is 31.1 Å². The number of hydrazine groups is 1. The van der Waals surface area contributed by atoms with E-state index in [0.29, 0.717) is 32.2 Å². The predicted molar refractivity (Wildman–Crippen MR) is 210 cm³/mol. The number of aliphatic hydroxyl groups is 1. The van der Waals surface area contributed by atoms with Gasteiger partial charge in [0.15, 0.2) is 17.7 Å². The number of likely N-dealkylation sites (N-methyl/N-ethyl adjacent to an activating group) is 1. The molecule has 5 heterocycles. The lowest BCUT2D eigenvalue weighted by Crippen LogP contribution is -2.63. The molecule has 0 radical (unpaired) electrons. The monoisotopic (exact) mass is 781 g/mol. The van der Waals surface area contributed by atoms with Gasteiger partial charge in [-0.1, -0.05) is 45.9 Å². The highest BCUT2D eigenvalue weighted by Gasteiger charge is 2.63. The Balaban J connectivity index is 1.40. The minimum absolute atomic E-state index is 0.221. The molecule has 1 aromatic carbocycles. The third kappa shape index (κ3) is 7.59. The maximum absolute atomic E-state index is 14.3. The number of carbonyl (C=O) groups is 3. The molecule has 1 aromatic heterocycles. The average Bonchev–Trinajstić information content (AvgIpc) is 3.70. The molecule has 13 atom stereocenters. The fraction of sp³-hybridized carbons (Fsp3) is 0.714. The smallest absolute Gasteiger partial charge is 0.431 e. The molecule has 6 rings (SSSR count). The molecule has 3 saturated heterocycles. The fourth-order valence-electron chi connectivity index (χ4n) is 9.87. The second-order valence-corrected chi connectivity index (χ2v) is 17.2. The Bertz CT molecular complexity index is 1780. The summed E-state index contributed by atoms with van der Waals surface area (Å²) in [6, 6.07) is 7.37. The molecular weight excluding hydrogens is 718 g/mol. The number of ether oxygens (including phenoxy) is 5. The van der Waals surface area contributed by atoms with Gasteiger partial charge in [-0.3, -0.25) is 9.59 Å². The van der Waals surface area contributed by atoms with Gasteiger partial charge in [-0.25, -0.2) is 4.79 Å². The van der Waals surface area contributed by atoms with Crippen LogP contribution in [0.1, 0.15) is 86.6 Å². The van der Waals surface area contributed by atoms with Crippen molar-refractivity contribution in [1.82, 2.24) is 20.0 Å². The van der Waals surface area contributed by atoms with E-state index in [1.807, 2.05) is 71.9 Å². The van der Waals surface area contributed by atoms with Gasteiger partial charge in [0.2, 0.25) is 0 Å². The maximum atomic E-state index is 14.3. The SMILES string of the molecule is CC[C@H]1OC(=O)[C@@H](C)C(=O)[C@@H](C)[C@H](O[C@H]2O[C@@H](C)C[C@@H](N(C)C)[C@@H]2O)C(C)(OC)C[C@@H](C)C2=NN(CCCc3c[nH]c4ccccc34)N3C(=O)O[C@@]1(C)[C@H]3[C@@H]2C.